The number of aliphatic hydroxyl groups excluding tert-OH is 2. The van der Waals surface area contributed by atoms with E-state index >= 15 is 0 Å². The number of hydrogen-bond donors (Lipinski definition) is 3. The molecule has 370 valence electrons. The lowest BCUT2D eigenvalue weighted by Gasteiger charge is -2.24. The first-order valence-corrected chi connectivity index (χ1v) is 27.2. The van der Waals surface area contributed by atoms with E-state index in [1.54, 1.807) is 0 Å². The van der Waals surface area contributed by atoms with E-state index in [4.69, 9.17) is 4.74 Å². The molecule has 64 heavy (non-hydrogen) atoms. The third kappa shape index (κ3) is 45.9. The Kier molecular flexibility index (Phi) is 49.1. The average Bonchev–Trinajstić information content (AvgIpc) is 3.29. The Hall–Kier alpha value is -2.70. The first kappa shape index (κ1) is 61.3. The Labute approximate surface area is 396 Å². The van der Waals surface area contributed by atoms with Crippen molar-refractivity contribution in [2.24, 2.45) is 0 Å². The number of esters is 1. The van der Waals surface area contributed by atoms with Crippen molar-refractivity contribution in [2.75, 3.05) is 6.61 Å². The van der Waals surface area contributed by atoms with E-state index in [0.717, 1.165) is 77.0 Å². The summed E-state index contributed by atoms with van der Waals surface area (Å²) in [5, 5.41) is 23.8. The molecule has 3 unspecified atom stereocenters. The molecule has 0 bridgehead atoms. The first-order chi connectivity index (χ1) is 31.5. The lowest BCUT2D eigenvalue weighted by atomic mass is 10.0. The van der Waals surface area contributed by atoms with Gasteiger partial charge in [-0.2, -0.15) is 0 Å². The molecule has 0 heterocycles. The largest absolute Gasteiger partial charge is 0.462 e. The highest BCUT2D eigenvalue weighted by molar-refractivity contribution is 5.77. The van der Waals surface area contributed by atoms with Crippen LogP contribution in [0.4, 0.5) is 0 Å². The van der Waals surface area contributed by atoms with Crippen LogP contribution in [0.15, 0.2) is 72.9 Å². The van der Waals surface area contributed by atoms with Gasteiger partial charge in [-0.25, -0.2) is 0 Å². The zero-order valence-corrected chi connectivity index (χ0v) is 42.1. The third-order valence-corrected chi connectivity index (χ3v) is 12.1. The Morgan fingerprint density at radius 2 is 0.812 bits per heavy atom. The molecule has 0 spiro atoms. The number of unbranched alkanes of at least 4 members (excludes halogenated alkanes) is 24. The lowest BCUT2D eigenvalue weighted by molar-refractivity contribution is -0.150. The monoisotopic (exact) mass is 894 g/mol. The molecular formula is C58H103NO5. The van der Waals surface area contributed by atoms with Gasteiger partial charge in [0.25, 0.3) is 0 Å². The summed E-state index contributed by atoms with van der Waals surface area (Å²) in [6.07, 6.45) is 65.4. The van der Waals surface area contributed by atoms with Gasteiger partial charge in [-0.15, -0.1) is 0 Å². The molecule has 3 N–H and O–H groups in total. The molecule has 6 heteroatoms. The maximum absolute atomic E-state index is 13.2. The van der Waals surface area contributed by atoms with Crippen LogP contribution in [-0.2, 0) is 14.3 Å². The second kappa shape index (κ2) is 51.3. The quantitative estimate of drug-likeness (QED) is 0.0321. The summed E-state index contributed by atoms with van der Waals surface area (Å²) in [4.78, 5) is 26.1. The van der Waals surface area contributed by atoms with Crippen LogP contribution in [0.3, 0.4) is 0 Å². The van der Waals surface area contributed by atoms with E-state index in [1.165, 1.54) is 128 Å². The Balaban J connectivity index is 4.61. The normalized spacial score (nSPS) is 13.8. The van der Waals surface area contributed by atoms with Crippen LogP contribution >= 0.6 is 0 Å². The fourth-order valence-electron chi connectivity index (χ4n) is 7.99. The minimum absolute atomic E-state index is 0.0472. The van der Waals surface area contributed by atoms with Gasteiger partial charge in [0.1, 0.15) is 6.10 Å². The average molecular weight is 894 g/mol. The molecule has 0 aromatic rings. The number of ether oxygens (including phenoxy) is 1. The predicted octanol–water partition coefficient (Wildman–Crippen LogP) is 16.6. The van der Waals surface area contributed by atoms with E-state index in [-0.39, 0.29) is 31.3 Å². The summed E-state index contributed by atoms with van der Waals surface area (Å²) in [5.74, 6) is -0.570. The highest BCUT2D eigenvalue weighted by atomic mass is 16.5. The van der Waals surface area contributed by atoms with Crippen LogP contribution in [0.5, 0.6) is 0 Å². The number of carbonyl (C=O) groups excluding carboxylic acids is 2. The van der Waals surface area contributed by atoms with Crippen molar-refractivity contribution in [2.45, 2.75) is 277 Å². The zero-order chi connectivity index (χ0) is 46.7. The van der Waals surface area contributed by atoms with Crippen molar-refractivity contribution in [1.82, 2.24) is 5.32 Å². The van der Waals surface area contributed by atoms with Crippen molar-refractivity contribution in [3.8, 4) is 0 Å². The minimum atomic E-state index is -0.801. The highest BCUT2D eigenvalue weighted by Crippen LogP contribution is 2.18. The van der Waals surface area contributed by atoms with Gasteiger partial charge in [0.05, 0.1) is 25.2 Å². The van der Waals surface area contributed by atoms with E-state index in [2.05, 4.69) is 92.9 Å². The number of hydrogen-bond acceptors (Lipinski definition) is 5. The van der Waals surface area contributed by atoms with Gasteiger partial charge in [-0.1, -0.05) is 254 Å². The van der Waals surface area contributed by atoms with Gasteiger partial charge in [-0.3, -0.25) is 9.59 Å². The van der Waals surface area contributed by atoms with Crippen LogP contribution in [0, 0.1) is 0 Å². The molecule has 3 atom stereocenters. The molecule has 0 fully saturated rings. The first-order valence-electron chi connectivity index (χ1n) is 27.2. The zero-order valence-electron chi connectivity index (χ0n) is 42.1. The molecule has 1 amide bonds. The molecule has 0 aromatic heterocycles. The second-order valence-electron chi connectivity index (χ2n) is 18.3. The predicted molar refractivity (Wildman–Crippen MR) is 278 cm³/mol. The molecule has 0 radical (unpaired) electrons. The van der Waals surface area contributed by atoms with Crippen LogP contribution < -0.4 is 5.32 Å². The molecule has 0 rings (SSSR count). The number of aliphatic hydroxyl groups is 2. The Bertz CT molecular complexity index is 1190. The van der Waals surface area contributed by atoms with Gasteiger partial charge < -0.3 is 20.3 Å². The van der Waals surface area contributed by atoms with Gasteiger partial charge in [-0.05, 0) is 64.2 Å². The Morgan fingerprint density at radius 1 is 0.469 bits per heavy atom. The number of carbonyl (C=O) groups is 2. The fourth-order valence-corrected chi connectivity index (χ4v) is 7.99. The van der Waals surface area contributed by atoms with Crippen LogP contribution in [0.25, 0.3) is 0 Å². The van der Waals surface area contributed by atoms with E-state index in [0.29, 0.717) is 19.3 Å². The summed E-state index contributed by atoms with van der Waals surface area (Å²) in [7, 11) is 0. The van der Waals surface area contributed by atoms with Crippen molar-refractivity contribution < 1.29 is 24.5 Å². The molecule has 0 aromatic carbocycles. The van der Waals surface area contributed by atoms with Crippen molar-refractivity contribution in [3.63, 3.8) is 0 Å². The standard InChI is InChI=1S/C58H103NO5/c1-4-7-10-13-16-19-22-24-26-27-28-29-31-33-36-39-42-45-48-51-58(63)64-54(49-46-43-40-37-34-21-18-15-12-9-6-3)52-57(62)59-55(53-60)56(61)50-47-44-41-38-35-32-30-25-23-20-17-14-11-8-5-2/h7,10,16,19,24,26,28-29,33,36,42,45,54-56,60-61H,4-6,8-9,11-15,17-18,20-23,25,27,30-32,34-35,37-41,43-44,46-53H2,1-3H3,(H,59,62)/b10-7-,19-16-,26-24-,29-28-,36-33-,45-42-. The van der Waals surface area contributed by atoms with Crippen molar-refractivity contribution in [1.29, 1.82) is 0 Å². The second-order valence-corrected chi connectivity index (χ2v) is 18.3. The molecule has 0 saturated heterocycles. The number of allylic oxidation sites excluding steroid dienone is 12. The lowest BCUT2D eigenvalue weighted by Crippen LogP contribution is -2.46. The van der Waals surface area contributed by atoms with E-state index < -0.39 is 18.2 Å². The smallest absolute Gasteiger partial charge is 0.306 e. The number of rotatable bonds is 48. The molecule has 0 aliphatic rings. The van der Waals surface area contributed by atoms with Crippen molar-refractivity contribution >= 4 is 11.9 Å². The molecule has 0 saturated carbocycles. The van der Waals surface area contributed by atoms with Gasteiger partial charge in [0.15, 0.2) is 0 Å². The number of nitrogens with one attached hydrogen (secondary N) is 1. The molecule has 0 aliphatic carbocycles. The van der Waals surface area contributed by atoms with Gasteiger partial charge in [0, 0.05) is 6.42 Å². The number of amides is 1. The van der Waals surface area contributed by atoms with Gasteiger partial charge >= 0.3 is 5.97 Å². The van der Waals surface area contributed by atoms with E-state index in [1.807, 2.05) is 6.08 Å². The molecule has 6 nitrogen and oxygen atoms in total. The van der Waals surface area contributed by atoms with Crippen LogP contribution in [-0.4, -0.2) is 46.9 Å². The van der Waals surface area contributed by atoms with Crippen molar-refractivity contribution in [3.05, 3.63) is 72.9 Å². The summed E-state index contributed by atoms with van der Waals surface area (Å²) in [6, 6.07) is -0.717. The summed E-state index contributed by atoms with van der Waals surface area (Å²) in [5.41, 5.74) is 0. The highest BCUT2D eigenvalue weighted by Gasteiger charge is 2.24. The Morgan fingerprint density at radius 3 is 1.19 bits per heavy atom. The van der Waals surface area contributed by atoms with E-state index in [9.17, 15) is 19.8 Å². The van der Waals surface area contributed by atoms with Crippen LogP contribution in [0.2, 0.25) is 0 Å². The fraction of sp³-hybridized carbons (Fsp3) is 0.759. The minimum Gasteiger partial charge on any atom is -0.462 e. The summed E-state index contributed by atoms with van der Waals surface area (Å²) >= 11 is 0. The molecule has 0 aliphatic heterocycles. The topological polar surface area (TPSA) is 95.9 Å². The van der Waals surface area contributed by atoms with Crippen LogP contribution in [0.1, 0.15) is 258 Å². The third-order valence-electron chi connectivity index (χ3n) is 12.1. The SMILES string of the molecule is CC/C=C\C/C=C\C/C=C\C/C=C\C/C=C\C/C=C\CCC(=O)OC(CCCCCCCCCCCCC)CC(=O)NC(CO)C(O)CCCCCCCCCCCCCCCCC. The summed E-state index contributed by atoms with van der Waals surface area (Å²) < 4.78 is 5.90. The maximum atomic E-state index is 13.2. The van der Waals surface area contributed by atoms with Gasteiger partial charge in [0.2, 0.25) is 5.91 Å². The maximum Gasteiger partial charge on any atom is 0.306 e. The molecular weight excluding hydrogens is 791 g/mol. The summed E-state index contributed by atoms with van der Waals surface area (Å²) in [6.45, 7) is 6.36.